The number of amides is 1. The number of fused-ring (bicyclic) bond motifs is 1. The van der Waals surface area contributed by atoms with Crippen molar-refractivity contribution in [2.45, 2.75) is 22.3 Å². The molecule has 144 valence electrons. The molecule has 6 nitrogen and oxygen atoms in total. The molecule has 1 N–H and O–H groups in total. The maximum Gasteiger partial charge on any atom is 0.251 e. The first-order valence-electron chi connectivity index (χ1n) is 8.47. The van der Waals surface area contributed by atoms with Crippen molar-refractivity contribution in [2.24, 2.45) is 0 Å². The highest BCUT2D eigenvalue weighted by Crippen LogP contribution is 2.36. The van der Waals surface area contributed by atoms with Crippen LogP contribution in [0.15, 0.2) is 52.3 Å². The van der Waals surface area contributed by atoms with E-state index >= 15 is 0 Å². The summed E-state index contributed by atoms with van der Waals surface area (Å²) in [6.45, 7) is 0. The van der Waals surface area contributed by atoms with Gasteiger partial charge in [-0.25, -0.2) is 12.7 Å². The summed E-state index contributed by atoms with van der Waals surface area (Å²) < 4.78 is 31.4. The third-order valence-electron chi connectivity index (χ3n) is 4.45. The van der Waals surface area contributed by atoms with Gasteiger partial charge in [-0.1, -0.05) is 18.2 Å². The quantitative estimate of drug-likeness (QED) is 0.826. The van der Waals surface area contributed by atoms with E-state index in [2.05, 4.69) is 5.32 Å². The van der Waals surface area contributed by atoms with E-state index in [1.54, 1.807) is 17.8 Å². The summed E-state index contributed by atoms with van der Waals surface area (Å²) in [5.41, 5.74) is 1.38. The second-order valence-corrected chi connectivity index (χ2v) is 9.61. The van der Waals surface area contributed by atoms with Crippen LogP contribution >= 0.6 is 11.8 Å². The molecule has 1 atom stereocenters. The Morgan fingerprint density at radius 3 is 2.67 bits per heavy atom. The van der Waals surface area contributed by atoms with Gasteiger partial charge < -0.3 is 10.1 Å². The Bertz CT molecular complexity index is 958. The highest BCUT2D eigenvalue weighted by Gasteiger charge is 2.26. The zero-order chi connectivity index (χ0) is 19.6. The van der Waals surface area contributed by atoms with Gasteiger partial charge in [0.1, 0.15) is 10.6 Å². The summed E-state index contributed by atoms with van der Waals surface area (Å²) in [7, 11) is 0.556. The highest BCUT2D eigenvalue weighted by atomic mass is 32.2. The highest BCUT2D eigenvalue weighted by molar-refractivity contribution is 7.99. The number of nitrogens with zero attached hydrogens (tertiary/aromatic N) is 1. The van der Waals surface area contributed by atoms with Crippen LogP contribution in [0.1, 0.15) is 28.4 Å². The van der Waals surface area contributed by atoms with Crippen molar-refractivity contribution >= 4 is 27.7 Å². The minimum Gasteiger partial charge on any atom is -0.495 e. The molecule has 1 aliphatic rings. The Labute approximate surface area is 164 Å². The maximum absolute atomic E-state index is 12.8. The molecule has 0 unspecified atom stereocenters. The zero-order valence-electron chi connectivity index (χ0n) is 15.4. The number of benzene rings is 2. The summed E-state index contributed by atoms with van der Waals surface area (Å²) in [5, 5.41) is 3.04. The van der Waals surface area contributed by atoms with Crippen LogP contribution in [0.4, 0.5) is 0 Å². The molecule has 0 saturated carbocycles. The van der Waals surface area contributed by atoms with Gasteiger partial charge in [0.2, 0.25) is 10.0 Å². The normalized spacial score (nSPS) is 16.7. The Balaban J connectivity index is 1.90. The van der Waals surface area contributed by atoms with Crippen LogP contribution in [0.5, 0.6) is 5.75 Å². The third kappa shape index (κ3) is 3.97. The first-order chi connectivity index (χ1) is 12.8. The Morgan fingerprint density at radius 1 is 1.22 bits per heavy atom. The van der Waals surface area contributed by atoms with Crippen molar-refractivity contribution in [1.82, 2.24) is 9.62 Å². The second-order valence-electron chi connectivity index (χ2n) is 6.35. The molecule has 1 heterocycles. The van der Waals surface area contributed by atoms with Crippen LogP contribution in [0.25, 0.3) is 0 Å². The van der Waals surface area contributed by atoms with E-state index < -0.39 is 10.0 Å². The zero-order valence-corrected chi connectivity index (χ0v) is 17.1. The fourth-order valence-electron chi connectivity index (χ4n) is 2.95. The molecule has 0 fully saturated rings. The van der Waals surface area contributed by atoms with Gasteiger partial charge in [0.25, 0.3) is 5.91 Å². The molecular formula is C19H22N2O4S2. The minimum absolute atomic E-state index is 0.0257. The molecule has 2 aromatic rings. The van der Waals surface area contributed by atoms with E-state index in [0.29, 0.717) is 0 Å². The molecule has 27 heavy (non-hydrogen) atoms. The number of carbonyl (C=O) groups excluding carboxylic acids is 1. The lowest BCUT2D eigenvalue weighted by Crippen LogP contribution is -2.31. The lowest BCUT2D eigenvalue weighted by molar-refractivity contribution is 0.0934. The average molecular weight is 407 g/mol. The molecule has 1 aliphatic heterocycles. The number of hydrogen-bond donors (Lipinski definition) is 1. The first kappa shape index (κ1) is 19.7. The third-order valence-corrected chi connectivity index (χ3v) is 7.41. The van der Waals surface area contributed by atoms with E-state index in [9.17, 15) is 13.2 Å². The summed E-state index contributed by atoms with van der Waals surface area (Å²) in [4.78, 5) is 13.9. The maximum atomic E-state index is 12.8. The molecule has 8 heteroatoms. The SMILES string of the molecule is COc1ccc(C(=O)N[C@@H]2CCSc3ccccc32)cc1S(=O)(=O)N(C)C. The largest absolute Gasteiger partial charge is 0.495 e. The lowest BCUT2D eigenvalue weighted by atomic mass is 10.0. The Morgan fingerprint density at radius 2 is 1.96 bits per heavy atom. The second kappa shape index (κ2) is 7.92. The predicted octanol–water partition coefficient (Wildman–Crippen LogP) is 2.91. The van der Waals surface area contributed by atoms with Crippen LogP contribution in [0.2, 0.25) is 0 Å². The van der Waals surface area contributed by atoms with E-state index in [4.69, 9.17) is 4.74 Å². The Kier molecular flexibility index (Phi) is 5.78. The van der Waals surface area contributed by atoms with Crippen molar-refractivity contribution in [2.75, 3.05) is 27.0 Å². The first-order valence-corrected chi connectivity index (χ1v) is 10.9. The average Bonchev–Trinajstić information content (AvgIpc) is 2.67. The summed E-state index contributed by atoms with van der Waals surface area (Å²) in [6, 6.07) is 12.4. The number of hydrogen-bond acceptors (Lipinski definition) is 5. The van der Waals surface area contributed by atoms with Gasteiger partial charge in [0, 0.05) is 30.3 Å². The number of nitrogens with one attached hydrogen (secondary N) is 1. The lowest BCUT2D eigenvalue weighted by Gasteiger charge is -2.26. The molecular weight excluding hydrogens is 384 g/mol. The number of ether oxygens (including phenoxy) is 1. The van der Waals surface area contributed by atoms with Crippen molar-refractivity contribution in [3.63, 3.8) is 0 Å². The fourth-order valence-corrected chi connectivity index (χ4v) is 5.15. The smallest absolute Gasteiger partial charge is 0.251 e. The van der Waals surface area contributed by atoms with E-state index in [0.717, 1.165) is 22.0 Å². The number of carbonyl (C=O) groups is 1. The van der Waals surface area contributed by atoms with Crippen LogP contribution in [0.3, 0.4) is 0 Å². The van der Waals surface area contributed by atoms with Gasteiger partial charge in [-0.05, 0) is 36.2 Å². The molecule has 0 aromatic heterocycles. The van der Waals surface area contributed by atoms with Gasteiger partial charge >= 0.3 is 0 Å². The van der Waals surface area contributed by atoms with Gasteiger partial charge in [0.15, 0.2) is 0 Å². The molecule has 1 amide bonds. The minimum atomic E-state index is -3.73. The number of thioether (sulfide) groups is 1. The van der Waals surface area contributed by atoms with Gasteiger partial charge in [0.05, 0.1) is 13.2 Å². The molecule has 3 rings (SSSR count). The van der Waals surface area contributed by atoms with E-state index in [1.807, 2.05) is 24.3 Å². The summed E-state index contributed by atoms with van der Waals surface area (Å²) in [5.74, 6) is 0.824. The molecule has 0 radical (unpaired) electrons. The van der Waals surface area contributed by atoms with Crippen molar-refractivity contribution in [1.29, 1.82) is 0 Å². The van der Waals surface area contributed by atoms with Crippen LogP contribution < -0.4 is 10.1 Å². The van der Waals surface area contributed by atoms with Gasteiger partial charge in [-0.2, -0.15) is 0 Å². The molecule has 0 saturated heterocycles. The Hall–Kier alpha value is -2.03. The number of methoxy groups -OCH3 is 1. The molecule has 2 aromatic carbocycles. The summed E-state index contributed by atoms with van der Waals surface area (Å²) >= 11 is 1.78. The predicted molar refractivity (Wildman–Crippen MR) is 106 cm³/mol. The van der Waals surface area contributed by atoms with Crippen molar-refractivity contribution in [3.8, 4) is 5.75 Å². The number of sulfonamides is 1. The fraction of sp³-hybridized carbons (Fsp3) is 0.316. The van der Waals surface area contributed by atoms with E-state index in [1.165, 1.54) is 38.2 Å². The molecule has 0 aliphatic carbocycles. The van der Waals surface area contributed by atoms with Gasteiger partial charge in [-0.3, -0.25) is 4.79 Å². The van der Waals surface area contributed by atoms with Crippen LogP contribution in [0, 0.1) is 0 Å². The monoisotopic (exact) mass is 406 g/mol. The topological polar surface area (TPSA) is 75.7 Å². The number of rotatable bonds is 5. The van der Waals surface area contributed by atoms with Crippen LogP contribution in [-0.4, -0.2) is 45.6 Å². The summed E-state index contributed by atoms with van der Waals surface area (Å²) in [6.07, 6.45) is 0.826. The van der Waals surface area contributed by atoms with Crippen molar-refractivity contribution < 1.29 is 17.9 Å². The van der Waals surface area contributed by atoms with Crippen molar-refractivity contribution in [3.05, 3.63) is 53.6 Å². The van der Waals surface area contributed by atoms with E-state index in [-0.39, 0.29) is 28.2 Å². The van der Waals surface area contributed by atoms with Gasteiger partial charge in [-0.15, -0.1) is 11.8 Å². The van der Waals surface area contributed by atoms with Crippen LogP contribution in [-0.2, 0) is 10.0 Å². The molecule has 0 bridgehead atoms. The standard InChI is InChI=1S/C19H22N2O4S2/c1-21(2)27(23,24)18-12-13(8-9-16(18)25-3)19(22)20-15-10-11-26-17-7-5-4-6-14(15)17/h4-9,12,15H,10-11H2,1-3H3,(H,20,22)/t15-/m1/s1. The molecule has 0 spiro atoms.